The summed E-state index contributed by atoms with van der Waals surface area (Å²) >= 11 is 0. The fourth-order valence-electron chi connectivity index (χ4n) is 2.82. The maximum absolute atomic E-state index is 5.56. The first kappa shape index (κ1) is 15.9. The van der Waals surface area contributed by atoms with Gasteiger partial charge in [-0.05, 0) is 41.5 Å². The van der Waals surface area contributed by atoms with Crippen LogP contribution in [0.4, 0.5) is 5.69 Å². The summed E-state index contributed by atoms with van der Waals surface area (Å²) in [6.45, 7) is 0. The number of hydrogen-bond donors (Lipinski definition) is 1. The van der Waals surface area contributed by atoms with E-state index in [1.54, 1.807) is 14.2 Å². The quantitative estimate of drug-likeness (QED) is 0.711. The average molecular weight is 319 g/mol. The first-order valence-corrected chi connectivity index (χ1v) is 7.86. The molecule has 0 heterocycles. The minimum Gasteiger partial charge on any atom is -0.497 e. The van der Waals surface area contributed by atoms with Crippen LogP contribution in [-0.2, 0) is 0 Å². The molecule has 0 fully saturated rings. The summed E-state index contributed by atoms with van der Waals surface area (Å²) in [6.07, 6.45) is 0. The van der Waals surface area contributed by atoms with Crippen molar-refractivity contribution in [1.29, 1.82) is 0 Å². The van der Waals surface area contributed by atoms with Crippen molar-refractivity contribution >= 4 is 5.69 Å². The van der Waals surface area contributed by atoms with Gasteiger partial charge in [0.2, 0.25) is 0 Å². The Labute approximate surface area is 142 Å². The molecule has 3 nitrogen and oxygen atoms in total. The molecular formula is C21H21NO2. The summed E-state index contributed by atoms with van der Waals surface area (Å²) in [7, 11) is 5.28. The maximum atomic E-state index is 5.56. The van der Waals surface area contributed by atoms with Gasteiger partial charge in [-0.3, -0.25) is 0 Å². The normalized spacial score (nSPS) is 10.3. The van der Waals surface area contributed by atoms with Crippen LogP contribution in [0, 0.1) is 0 Å². The highest BCUT2D eigenvalue weighted by molar-refractivity contribution is 5.86. The highest BCUT2D eigenvalue weighted by atomic mass is 16.5. The third kappa shape index (κ3) is 3.06. The van der Waals surface area contributed by atoms with E-state index in [0.717, 1.165) is 33.9 Å². The van der Waals surface area contributed by atoms with Gasteiger partial charge in [0.05, 0.1) is 14.2 Å². The fraction of sp³-hybridized carbons (Fsp3) is 0.143. The lowest BCUT2D eigenvalue weighted by Gasteiger charge is -2.16. The Morgan fingerprint density at radius 3 is 2.17 bits per heavy atom. The van der Waals surface area contributed by atoms with Crippen molar-refractivity contribution in [2.45, 2.75) is 0 Å². The van der Waals surface area contributed by atoms with Crippen LogP contribution >= 0.6 is 0 Å². The van der Waals surface area contributed by atoms with Crippen LogP contribution in [0.15, 0.2) is 66.7 Å². The van der Waals surface area contributed by atoms with Crippen molar-refractivity contribution in [1.82, 2.24) is 0 Å². The van der Waals surface area contributed by atoms with Crippen LogP contribution in [-0.4, -0.2) is 21.3 Å². The van der Waals surface area contributed by atoms with E-state index >= 15 is 0 Å². The van der Waals surface area contributed by atoms with Crippen LogP contribution in [0.5, 0.6) is 11.5 Å². The maximum Gasteiger partial charge on any atom is 0.127 e. The molecule has 0 aliphatic rings. The number of hydrogen-bond acceptors (Lipinski definition) is 3. The van der Waals surface area contributed by atoms with Gasteiger partial charge in [-0.2, -0.15) is 0 Å². The van der Waals surface area contributed by atoms with Gasteiger partial charge in [0, 0.05) is 23.9 Å². The Balaban J connectivity index is 2.19. The van der Waals surface area contributed by atoms with Crippen molar-refractivity contribution in [2.75, 3.05) is 26.6 Å². The van der Waals surface area contributed by atoms with Gasteiger partial charge >= 0.3 is 0 Å². The van der Waals surface area contributed by atoms with Gasteiger partial charge in [-0.15, -0.1) is 0 Å². The molecular weight excluding hydrogens is 298 g/mol. The molecule has 0 aliphatic heterocycles. The van der Waals surface area contributed by atoms with E-state index in [1.807, 2.05) is 43.4 Å². The molecule has 0 radical (unpaired) electrons. The molecule has 3 aromatic carbocycles. The van der Waals surface area contributed by atoms with E-state index in [4.69, 9.17) is 9.47 Å². The number of methoxy groups -OCH3 is 2. The third-order valence-electron chi connectivity index (χ3n) is 4.09. The molecule has 24 heavy (non-hydrogen) atoms. The zero-order valence-electron chi connectivity index (χ0n) is 14.2. The number of rotatable bonds is 5. The Bertz CT molecular complexity index is 828. The molecule has 3 heteroatoms. The van der Waals surface area contributed by atoms with Crippen molar-refractivity contribution in [3.8, 4) is 33.8 Å². The standard InChI is InChI=1S/C21H21NO2/c1-22-20-11-9-16(15-7-5-4-6-8-15)13-18(20)19-14-17(23-2)10-12-21(19)24-3/h4-14,22H,1-3H3. The summed E-state index contributed by atoms with van der Waals surface area (Å²) < 4.78 is 10.9. The predicted molar refractivity (Wildman–Crippen MR) is 100.0 cm³/mol. The number of ether oxygens (including phenoxy) is 2. The predicted octanol–water partition coefficient (Wildman–Crippen LogP) is 5.08. The fourth-order valence-corrected chi connectivity index (χ4v) is 2.82. The van der Waals surface area contributed by atoms with Gasteiger partial charge in [-0.25, -0.2) is 0 Å². The third-order valence-corrected chi connectivity index (χ3v) is 4.09. The molecule has 3 aromatic rings. The van der Waals surface area contributed by atoms with E-state index in [0.29, 0.717) is 0 Å². The second-order valence-corrected chi connectivity index (χ2v) is 5.44. The lowest BCUT2D eigenvalue weighted by molar-refractivity contribution is 0.404. The molecule has 0 spiro atoms. The molecule has 0 saturated heterocycles. The molecule has 0 unspecified atom stereocenters. The average Bonchev–Trinajstić information content (AvgIpc) is 2.67. The number of benzene rings is 3. The molecule has 0 aromatic heterocycles. The lowest BCUT2D eigenvalue weighted by atomic mass is 9.96. The van der Waals surface area contributed by atoms with Gasteiger partial charge in [0.1, 0.15) is 11.5 Å². The molecule has 0 bridgehead atoms. The summed E-state index contributed by atoms with van der Waals surface area (Å²) in [5, 5.41) is 3.27. The molecule has 1 N–H and O–H groups in total. The molecule has 0 aliphatic carbocycles. The van der Waals surface area contributed by atoms with Crippen LogP contribution in [0.2, 0.25) is 0 Å². The SMILES string of the molecule is CNc1ccc(-c2ccccc2)cc1-c1cc(OC)ccc1OC. The van der Waals surface area contributed by atoms with Gasteiger partial charge in [-0.1, -0.05) is 36.4 Å². The van der Waals surface area contributed by atoms with Crippen LogP contribution < -0.4 is 14.8 Å². The minimum absolute atomic E-state index is 0.804. The monoisotopic (exact) mass is 319 g/mol. The van der Waals surface area contributed by atoms with E-state index in [9.17, 15) is 0 Å². The second-order valence-electron chi connectivity index (χ2n) is 5.44. The van der Waals surface area contributed by atoms with E-state index < -0.39 is 0 Å². The highest BCUT2D eigenvalue weighted by Crippen LogP contribution is 2.39. The van der Waals surface area contributed by atoms with Crippen LogP contribution in [0.3, 0.4) is 0 Å². The van der Waals surface area contributed by atoms with Gasteiger partial charge in [0.15, 0.2) is 0 Å². The van der Waals surface area contributed by atoms with Gasteiger partial charge in [0.25, 0.3) is 0 Å². The van der Waals surface area contributed by atoms with Crippen molar-refractivity contribution < 1.29 is 9.47 Å². The van der Waals surface area contributed by atoms with Crippen molar-refractivity contribution in [2.24, 2.45) is 0 Å². The minimum atomic E-state index is 0.804. The summed E-state index contributed by atoms with van der Waals surface area (Å²) in [4.78, 5) is 0. The molecule has 3 rings (SSSR count). The highest BCUT2D eigenvalue weighted by Gasteiger charge is 2.13. The van der Waals surface area contributed by atoms with Crippen molar-refractivity contribution in [3.05, 3.63) is 66.7 Å². The summed E-state index contributed by atoms with van der Waals surface area (Å²) in [6, 6.07) is 22.6. The Kier molecular flexibility index (Phi) is 4.71. The van der Waals surface area contributed by atoms with E-state index in [2.05, 4.69) is 35.6 Å². The molecule has 0 atom stereocenters. The summed E-state index contributed by atoms with van der Waals surface area (Å²) in [5.74, 6) is 1.62. The van der Waals surface area contributed by atoms with Gasteiger partial charge < -0.3 is 14.8 Å². The molecule has 0 saturated carbocycles. The summed E-state index contributed by atoms with van der Waals surface area (Å²) in [5.41, 5.74) is 5.47. The van der Waals surface area contributed by atoms with E-state index in [1.165, 1.54) is 5.56 Å². The molecule has 122 valence electrons. The van der Waals surface area contributed by atoms with Crippen molar-refractivity contribution in [3.63, 3.8) is 0 Å². The number of nitrogens with one attached hydrogen (secondary N) is 1. The Morgan fingerprint density at radius 2 is 1.50 bits per heavy atom. The number of anilines is 1. The Hall–Kier alpha value is -2.94. The zero-order chi connectivity index (χ0) is 16.9. The van der Waals surface area contributed by atoms with Crippen LogP contribution in [0.1, 0.15) is 0 Å². The zero-order valence-corrected chi connectivity index (χ0v) is 14.2. The Morgan fingerprint density at radius 1 is 0.708 bits per heavy atom. The van der Waals surface area contributed by atoms with E-state index in [-0.39, 0.29) is 0 Å². The molecule has 0 amide bonds. The first-order chi connectivity index (χ1) is 11.8. The largest absolute Gasteiger partial charge is 0.497 e. The second kappa shape index (κ2) is 7.09. The van der Waals surface area contributed by atoms with Crippen LogP contribution in [0.25, 0.3) is 22.3 Å². The smallest absolute Gasteiger partial charge is 0.127 e. The lowest BCUT2D eigenvalue weighted by Crippen LogP contribution is -1.96. The first-order valence-electron chi connectivity index (χ1n) is 7.86. The topological polar surface area (TPSA) is 30.5 Å².